The number of rotatable bonds is 22. The number of unbranched alkanes of at least 4 members (excludes halogenated alkanes) is 1. The fraction of sp³-hybridized carbons (Fsp3) is 0.386. The zero-order valence-corrected chi connectivity index (χ0v) is 41.2. The van der Waals surface area contributed by atoms with Crippen molar-refractivity contribution in [2.24, 2.45) is 0 Å². The maximum absolute atomic E-state index is 14.5. The fourth-order valence-corrected chi connectivity index (χ4v) is 9.26. The number of carbonyl (C=O) groups excluding carboxylic acids is 3. The molecule has 0 spiro atoms. The first kappa shape index (κ1) is 50.5. The molecule has 13 heteroatoms. The van der Waals surface area contributed by atoms with Gasteiger partial charge in [-0.1, -0.05) is 67.3 Å². The summed E-state index contributed by atoms with van der Waals surface area (Å²) in [5.41, 5.74) is 6.71. The zero-order chi connectivity index (χ0) is 49.4. The van der Waals surface area contributed by atoms with Gasteiger partial charge in [-0.2, -0.15) is 0 Å². The van der Waals surface area contributed by atoms with Gasteiger partial charge in [-0.25, -0.2) is 4.79 Å². The van der Waals surface area contributed by atoms with Crippen molar-refractivity contribution in [3.8, 4) is 46.3 Å². The molecular weight excluding hydrogens is 887 g/mol. The Morgan fingerprint density at radius 2 is 1.46 bits per heavy atom. The highest BCUT2D eigenvalue weighted by molar-refractivity contribution is 5.89. The van der Waals surface area contributed by atoms with E-state index in [1.807, 2.05) is 61.5 Å². The molecule has 0 radical (unpaired) electrons. The number of fused-ring (bicyclic) bond motifs is 2. The minimum atomic E-state index is -0.792. The van der Waals surface area contributed by atoms with Crippen LogP contribution in [0, 0.1) is 11.8 Å². The summed E-state index contributed by atoms with van der Waals surface area (Å²) < 4.78 is 40.3. The zero-order valence-electron chi connectivity index (χ0n) is 41.2. The van der Waals surface area contributed by atoms with Gasteiger partial charge in [0.05, 0.1) is 47.2 Å². The number of piperidine rings is 1. The molecule has 0 bridgehead atoms. The molecule has 0 aromatic heterocycles. The van der Waals surface area contributed by atoms with Crippen molar-refractivity contribution in [2.75, 3.05) is 66.7 Å². The first-order valence-electron chi connectivity index (χ1n) is 24.1. The summed E-state index contributed by atoms with van der Waals surface area (Å²) in [6.07, 6.45) is 4.36. The summed E-state index contributed by atoms with van der Waals surface area (Å²) in [7, 11) is 7.79. The topological polar surface area (TPSA) is 134 Å². The van der Waals surface area contributed by atoms with E-state index in [1.54, 1.807) is 37.3 Å². The maximum Gasteiger partial charge on any atom is 0.329 e. The Labute approximate surface area is 412 Å². The molecule has 3 atom stereocenters. The second-order valence-corrected chi connectivity index (χ2v) is 17.4. The third-order valence-corrected chi connectivity index (χ3v) is 13.0. The van der Waals surface area contributed by atoms with Gasteiger partial charge in [-0.05, 0) is 128 Å². The average Bonchev–Trinajstić information content (AvgIpc) is 3.39. The quantitative estimate of drug-likeness (QED) is 0.0405. The molecule has 5 aromatic rings. The maximum atomic E-state index is 14.5. The second-order valence-electron chi connectivity index (χ2n) is 17.4. The fourth-order valence-electron chi connectivity index (χ4n) is 9.26. The molecule has 0 saturated carbocycles. The van der Waals surface area contributed by atoms with Gasteiger partial charge in [-0.15, -0.1) is 0 Å². The van der Waals surface area contributed by atoms with Crippen LogP contribution in [0.25, 0.3) is 0 Å². The van der Waals surface area contributed by atoms with Crippen molar-refractivity contribution in [3.05, 3.63) is 137 Å². The van der Waals surface area contributed by atoms with Gasteiger partial charge in [0.25, 0.3) is 5.91 Å². The van der Waals surface area contributed by atoms with Crippen molar-refractivity contribution < 1.29 is 47.5 Å². The Hall–Kier alpha value is -7.33. The molecule has 0 unspecified atom stereocenters. The van der Waals surface area contributed by atoms with E-state index in [1.165, 1.54) is 26.9 Å². The highest BCUT2D eigenvalue weighted by Gasteiger charge is 2.38. The average molecular weight is 952 g/mol. The third kappa shape index (κ3) is 12.5. The highest BCUT2D eigenvalue weighted by atomic mass is 16.5. The Balaban J connectivity index is 1.01. The van der Waals surface area contributed by atoms with Crippen LogP contribution in [0.2, 0.25) is 0 Å². The molecule has 2 aliphatic rings. The molecule has 2 aliphatic heterocycles. The Kier molecular flexibility index (Phi) is 17.9. The van der Waals surface area contributed by atoms with E-state index in [4.69, 9.17) is 33.2 Å². The van der Waals surface area contributed by atoms with Crippen LogP contribution in [-0.4, -0.2) is 90.5 Å². The SMILES string of the molecule is CC[C@H](C(=O)N1CCCC[C@H]1C(=O)O[C@H](CCc1ccc(OC)c(OC)c1)c1cccc(OCC(=O)NCCCCN2Cc3ccccc3C#Cc3ccccc32)c1)c1cc(OC)c(OC)c(OC)c1. The van der Waals surface area contributed by atoms with E-state index in [-0.39, 0.29) is 18.4 Å². The van der Waals surface area contributed by atoms with E-state index in [0.717, 1.165) is 61.2 Å². The van der Waals surface area contributed by atoms with Crippen LogP contribution < -0.4 is 38.6 Å². The predicted octanol–water partition coefficient (Wildman–Crippen LogP) is 9.22. The first-order valence-corrected chi connectivity index (χ1v) is 24.1. The van der Waals surface area contributed by atoms with Gasteiger partial charge in [0.1, 0.15) is 17.9 Å². The number of para-hydroxylation sites is 1. The summed E-state index contributed by atoms with van der Waals surface area (Å²) in [4.78, 5) is 46.2. The number of anilines is 1. The van der Waals surface area contributed by atoms with Crippen LogP contribution in [0.1, 0.15) is 97.3 Å². The van der Waals surface area contributed by atoms with Gasteiger partial charge >= 0.3 is 5.97 Å². The van der Waals surface area contributed by atoms with Gasteiger partial charge < -0.3 is 48.3 Å². The van der Waals surface area contributed by atoms with Crippen LogP contribution in [0.5, 0.6) is 34.5 Å². The number of esters is 1. The van der Waals surface area contributed by atoms with E-state index >= 15 is 0 Å². The summed E-state index contributed by atoms with van der Waals surface area (Å²) in [5.74, 6) is 8.22. The largest absolute Gasteiger partial charge is 0.493 e. The van der Waals surface area contributed by atoms with Crippen LogP contribution in [0.15, 0.2) is 103 Å². The molecule has 1 saturated heterocycles. The summed E-state index contributed by atoms with van der Waals surface area (Å²) in [5, 5.41) is 3.01. The van der Waals surface area contributed by atoms with Crippen molar-refractivity contribution >= 4 is 23.5 Å². The lowest BCUT2D eigenvalue weighted by atomic mass is 9.91. The normalized spacial score (nSPS) is 14.7. The number of hydrogen-bond acceptors (Lipinski definition) is 11. The number of aryl methyl sites for hydroxylation is 1. The standard InChI is InChI=1S/C57H65N3O10/c1-7-46(44-35-52(66-4)55(68-6)53(36-44)67-5)56(62)60-32-14-12-23-48(60)57(63)70-49(28-24-39-25-29-50(64-2)51(33-39)65-3)42-20-16-21-45(34-42)69-38-54(61)58-30-13-15-31-59-37-43-19-9-8-17-40(43)26-27-41-18-10-11-22-47(41)59/h8-11,16-22,25,29,33-36,46,48-49H,7,12-15,23-24,28,30-32,37-38H2,1-6H3,(H,58,61)/t46-,48-,49+/m0/s1. The van der Waals surface area contributed by atoms with Crippen LogP contribution in [0.4, 0.5) is 5.69 Å². The number of methoxy groups -OCH3 is 5. The lowest BCUT2D eigenvalue weighted by molar-refractivity contribution is -0.162. The monoisotopic (exact) mass is 951 g/mol. The molecule has 13 nitrogen and oxygen atoms in total. The third-order valence-electron chi connectivity index (χ3n) is 13.0. The van der Waals surface area contributed by atoms with Crippen molar-refractivity contribution in [1.82, 2.24) is 10.2 Å². The van der Waals surface area contributed by atoms with E-state index < -0.39 is 24.0 Å². The lowest BCUT2D eigenvalue weighted by Gasteiger charge is -2.37. The van der Waals surface area contributed by atoms with Crippen molar-refractivity contribution in [1.29, 1.82) is 0 Å². The molecule has 0 aliphatic carbocycles. The molecule has 368 valence electrons. The Morgan fingerprint density at radius 3 is 2.20 bits per heavy atom. The van der Waals surface area contributed by atoms with Crippen LogP contribution in [0.3, 0.4) is 0 Å². The van der Waals surface area contributed by atoms with Gasteiger partial charge in [0.15, 0.2) is 29.6 Å². The number of amides is 2. The van der Waals surface area contributed by atoms with Gasteiger partial charge in [0.2, 0.25) is 11.7 Å². The van der Waals surface area contributed by atoms with E-state index in [9.17, 15) is 14.4 Å². The van der Waals surface area contributed by atoms with Gasteiger partial charge in [0, 0.05) is 37.3 Å². The minimum Gasteiger partial charge on any atom is -0.493 e. The molecule has 5 aromatic carbocycles. The summed E-state index contributed by atoms with van der Waals surface area (Å²) in [6.45, 7) is 4.25. The predicted molar refractivity (Wildman–Crippen MR) is 269 cm³/mol. The Bertz CT molecular complexity index is 2630. The summed E-state index contributed by atoms with van der Waals surface area (Å²) in [6, 6.07) is 32.3. The van der Waals surface area contributed by atoms with Crippen molar-refractivity contribution in [3.63, 3.8) is 0 Å². The number of benzene rings is 5. The van der Waals surface area contributed by atoms with Crippen LogP contribution in [-0.2, 0) is 32.1 Å². The highest BCUT2D eigenvalue weighted by Crippen LogP contribution is 2.42. The smallest absolute Gasteiger partial charge is 0.329 e. The number of likely N-dealkylation sites (tertiary alicyclic amines) is 1. The van der Waals surface area contributed by atoms with Gasteiger partial charge in [-0.3, -0.25) is 9.59 Å². The number of carbonyl (C=O) groups is 3. The van der Waals surface area contributed by atoms with E-state index in [0.29, 0.717) is 84.4 Å². The number of hydrogen-bond donors (Lipinski definition) is 1. The first-order chi connectivity index (χ1) is 34.2. The summed E-state index contributed by atoms with van der Waals surface area (Å²) >= 11 is 0. The molecule has 1 N–H and O–H groups in total. The molecule has 7 rings (SSSR count). The van der Waals surface area contributed by atoms with Crippen molar-refractivity contribution in [2.45, 2.75) is 82.9 Å². The molecule has 70 heavy (non-hydrogen) atoms. The number of nitrogens with zero attached hydrogens (tertiary/aromatic N) is 2. The molecule has 2 amide bonds. The minimum absolute atomic E-state index is 0.172. The number of nitrogens with one attached hydrogen (secondary N) is 1. The number of ether oxygens (including phenoxy) is 7. The Morgan fingerprint density at radius 1 is 0.729 bits per heavy atom. The molecular formula is C57H65N3O10. The molecule has 1 fully saturated rings. The van der Waals surface area contributed by atoms with E-state index in [2.05, 4.69) is 52.4 Å². The van der Waals surface area contributed by atoms with Crippen LogP contribution >= 0.6 is 0 Å². The molecule has 2 heterocycles. The lowest BCUT2D eigenvalue weighted by Crippen LogP contribution is -2.50. The second kappa shape index (κ2) is 24.8.